The van der Waals surface area contributed by atoms with Crippen molar-refractivity contribution in [2.45, 2.75) is 0 Å². The standard InChI is InChI=1S/C18H20FN3/c19-17-14-16(20)6-7-18(17)22-12-10-21(11-13-22)9-8-15-4-2-1-3-5-15/h1-9,14H,10-13,20H2/b9-8+. The van der Waals surface area contributed by atoms with Crippen LogP contribution in [0.15, 0.2) is 54.7 Å². The molecular formula is C18H20FN3. The Morgan fingerprint density at radius 1 is 0.955 bits per heavy atom. The molecule has 0 unspecified atom stereocenters. The van der Waals surface area contributed by atoms with Gasteiger partial charge in [-0.05, 0) is 36.0 Å². The Bertz CT molecular complexity index is 647. The highest BCUT2D eigenvalue weighted by atomic mass is 19.1. The van der Waals surface area contributed by atoms with Crippen LogP contribution < -0.4 is 10.6 Å². The molecule has 1 fully saturated rings. The van der Waals surface area contributed by atoms with E-state index >= 15 is 0 Å². The maximum atomic E-state index is 14.0. The van der Waals surface area contributed by atoms with Gasteiger partial charge in [-0.1, -0.05) is 30.3 Å². The number of rotatable bonds is 3. The molecule has 1 saturated heterocycles. The van der Waals surface area contributed by atoms with Crippen molar-refractivity contribution in [1.29, 1.82) is 0 Å². The Kier molecular flexibility index (Phi) is 4.28. The largest absolute Gasteiger partial charge is 0.399 e. The van der Waals surface area contributed by atoms with Crippen LogP contribution in [0, 0.1) is 5.82 Å². The normalized spacial score (nSPS) is 15.5. The molecule has 2 aromatic rings. The number of halogens is 1. The van der Waals surface area contributed by atoms with Crippen molar-refractivity contribution >= 4 is 17.5 Å². The van der Waals surface area contributed by atoms with Crippen LogP contribution in [0.3, 0.4) is 0 Å². The molecule has 0 radical (unpaired) electrons. The second-order valence-corrected chi connectivity index (χ2v) is 5.46. The van der Waals surface area contributed by atoms with Gasteiger partial charge in [-0.3, -0.25) is 0 Å². The van der Waals surface area contributed by atoms with Crippen molar-refractivity contribution in [2.24, 2.45) is 0 Å². The zero-order chi connectivity index (χ0) is 15.4. The van der Waals surface area contributed by atoms with Gasteiger partial charge in [0.2, 0.25) is 0 Å². The maximum Gasteiger partial charge on any atom is 0.148 e. The van der Waals surface area contributed by atoms with E-state index in [-0.39, 0.29) is 5.82 Å². The fourth-order valence-electron chi connectivity index (χ4n) is 2.65. The molecule has 22 heavy (non-hydrogen) atoms. The average molecular weight is 297 g/mol. The first-order chi connectivity index (χ1) is 10.7. The fourth-order valence-corrected chi connectivity index (χ4v) is 2.65. The Morgan fingerprint density at radius 3 is 2.36 bits per heavy atom. The Hall–Kier alpha value is -2.49. The van der Waals surface area contributed by atoms with E-state index in [9.17, 15) is 4.39 Å². The Morgan fingerprint density at radius 2 is 1.68 bits per heavy atom. The van der Waals surface area contributed by atoms with Gasteiger partial charge < -0.3 is 15.5 Å². The summed E-state index contributed by atoms with van der Waals surface area (Å²) in [5, 5.41) is 0. The van der Waals surface area contributed by atoms with Crippen LogP contribution >= 0.6 is 0 Å². The lowest BCUT2D eigenvalue weighted by Gasteiger charge is -2.35. The van der Waals surface area contributed by atoms with E-state index in [2.05, 4.69) is 34.2 Å². The minimum Gasteiger partial charge on any atom is -0.399 e. The highest BCUT2D eigenvalue weighted by Gasteiger charge is 2.17. The molecule has 3 nitrogen and oxygen atoms in total. The fraction of sp³-hybridized carbons (Fsp3) is 0.222. The highest BCUT2D eigenvalue weighted by Crippen LogP contribution is 2.22. The van der Waals surface area contributed by atoms with Crippen molar-refractivity contribution in [3.8, 4) is 0 Å². The van der Waals surface area contributed by atoms with Crippen LogP contribution in [0.1, 0.15) is 5.56 Å². The predicted molar refractivity (Wildman–Crippen MR) is 90.1 cm³/mol. The lowest BCUT2D eigenvalue weighted by atomic mass is 10.2. The van der Waals surface area contributed by atoms with Gasteiger partial charge in [-0.15, -0.1) is 0 Å². The Balaban J connectivity index is 1.59. The molecule has 0 saturated carbocycles. The third-order valence-corrected chi connectivity index (χ3v) is 3.90. The molecule has 1 aliphatic rings. The summed E-state index contributed by atoms with van der Waals surface area (Å²) in [6.45, 7) is 3.38. The van der Waals surface area contributed by atoms with Crippen LogP contribution in [0.2, 0.25) is 0 Å². The molecule has 3 rings (SSSR count). The van der Waals surface area contributed by atoms with Crippen molar-refractivity contribution in [3.05, 3.63) is 66.1 Å². The molecule has 1 heterocycles. The molecule has 4 heteroatoms. The van der Waals surface area contributed by atoms with Crippen molar-refractivity contribution in [2.75, 3.05) is 36.8 Å². The smallest absolute Gasteiger partial charge is 0.148 e. The van der Waals surface area contributed by atoms with Gasteiger partial charge in [0.1, 0.15) is 5.82 Å². The second kappa shape index (κ2) is 6.52. The first kappa shape index (κ1) is 14.4. The number of anilines is 2. The SMILES string of the molecule is Nc1ccc(N2CCN(/C=C/c3ccccc3)CC2)c(F)c1. The summed E-state index contributed by atoms with van der Waals surface area (Å²) in [6.07, 6.45) is 4.23. The number of hydrogen-bond acceptors (Lipinski definition) is 3. The lowest BCUT2D eigenvalue weighted by Crippen LogP contribution is -2.44. The molecule has 114 valence electrons. The molecule has 1 aliphatic heterocycles. The van der Waals surface area contributed by atoms with Crippen LogP contribution in [0.5, 0.6) is 0 Å². The summed E-state index contributed by atoms with van der Waals surface area (Å²) in [6, 6.07) is 15.1. The van der Waals surface area contributed by atoms with Gasteiger partial charge in [-0.2, -0.15) is 0 Å². The summed E-state index contributed by atoms with van der Waals surface area (Å²) in [4.78, 5) is 4.33. The molecule has 2 N–H and O–H groups in total. The maximum absolute atomic E-state index is 14.0. The summed E-state index contributed by atoms with van der Waals surface area (Å²) in [7, 11) is 0. The molecule has 0 aromatic heterocycles. The quantitative estimate of drug-likeness (QED) is 0.883. The van der Waals surface area contributed by atoms with E-state index in [1.807, 2.05) is 18.2 Å². The molecule has 0 amide bonds. The molecule has 0 atom stereocenters. The minimum atomic E-state index is -0.242. The van der Waals surface area contributed by atoms with Gasteiger partial charge in [0.25, 0.3) is 0 Å². The summed E-state index contributed by atoms with van der Waals surface area (Å²) < 4.78 is 14.0. The number of piperazine rings is 1. The molecule has 2 aromatic carbocycles. The molecule has 0 spiro atoms. The number of nitrogens with zero attached hydrogens (tertiary/aromatic N) is 2. The third kappa shape index (κ3) is 3.39. The summed E-state index contributed by atoms with van der Waals surface area (Å²) in [5.41, 5.74) is 7.89. The zero-order valence-corrected chi connectivity index (χ0v) is 12.5. The van der Waals surface area contributed by atoms with E-state index in [0.717, 1.165) is 26.2 Å². The topological polar surface area (TPSA) is 32.5 Å². The van der Waals surface area contributed by atoms with Gasteiger partial charge in [0, 0.05) is 31.9 Å². The van der Waals surface area contributed by atoms with Crippen molar-refractivity contribution in [3.63, 3.8) is 0 Å². The van der Waals surface area contributed by atoms with E-state index in [4.69, 9.17) is 5.73 Å². The Labute approximate surface area is 130 Å². The number of nitrogen functional groups attached to an aromatic ring is 1. The lowest BCUT2D eigenvalue weighted by molar-refractivity contribution is 0.349. The van der Waals surface area contributed by atoms with Crippen LogP contribution in [-0.2, 0) is 0 Å². The first-order valence-electron chi connectivity index (χ1n) is 7.50. The highest BCUT2D eigenvalue weighted by molar-refractivity contribution is 5.55. The molecular weight excluding hydrogens is 277 g/mol. The van der Waals surface area contributed by atoms with Gasteiger partial charge in [0.15, 0.2) is 0 Å². The van der Waals surface area contributed by atoms with Gasteiger partial charge in [-0.25, -0.2) is 4.39 Å². The average Bonchev–Trinajstić information content (AvgIpc) is 2.55. The number of nitrogens with two attached hydrogens (primary N) is 1. The predicted octanol–water partition coefficient (Wildman–Crippen LogP) is 3.20. The number of benzene rings is 2. The van der Waals surface area contributed by atoms with Crippen LogP contribution in [-0.4, -0.2) is 31.1 Å². The summed E-state index contributed by atoms with van der Waals surface area (Å²) >= 11 is 0. The zero-order valence-electron chi connectivity index (χ0n) is 12.5. The van der Waals surface area contributed by atoms with E-state index < -0.39 is 0 Å². The van der Waals surface area contributed by atoms with E-state index in [1.54, 1.807) is 12.1 Å². The van der Waals surface area contributed by atoms with Gasteiger partial charge in [0.05, 0.1) is 5.69 Å². The van der Waals surface area contributed by atoms with Crippen LogP contribution in [0.4, 0.5) is 15.8 Å². The minimum absolute atomic E-state index is 0.242. The monoisotopic (exact) mass is 297 g/mol. The van der Waals surface area contributed by atoms with E-state index in [0.29, 0.717) is 11.4 Å². The second-order valence-electron chi connectivity index (χ2n) is 5.46. The third-order valence-electron chi connectivity index (χ3n) is 3.90. The first-order valence-corrected chi connectivity index (χ1v) is 7.50. The molecule has 0 aliphatic carbocycles. The van der Waals surface area contributed by atoms with Crippen molar-refractivity contribution in [1.82, 2.24) is 4.90 Å². The number of hydrogen-bond donors (Lipinski definition) is 1. The summed E-state index contributed by atoms with van der Waals surface area (Å²) in [5.74, 6) is -0.242. The van der Waals surface area contributed by atoms with Crippen molar-refractivity contribution < 1.29 is 4.39 Å². The van der Waals surface area contributed by atoms with Crippen LogP contribution in [0.25, 0.3) is 6.08 Å². The molecule has 0 bridgehead atoms. The van der Waals surface area contributed by atoms with Gasteiger partial charge >= 0.3 is 0 Å². The van der Waals surface area contributed by atoms with E-state index in [1.165, 1.54) is 11.6 Å².